The Hall–Kier alpha value is -1.85. The lowest BCUT2D eigenvalue weighted by Gasteiger charge is -2.18. The molecule has 0 aromatic rings. The molecule has 0 aromatic heterocycles. The van der Waals surface area contributed by atoms with Crippen molar-refractivity contribution in [2.24, 2.45) is 0 Å². The second kappa shape index (κ2) is 44.9. The first-order chi connectivity index (χ1) is 27.0. The zero-order valence-corrected chi connectivity index (χ0v) is 37.0. The van der Waals surface area contributed by atoms with Crippen molar-refractivity contribution in [3.63, 3.8) is 0 Å². The van der Waals surface area contributed by atoms with Crippen molar-refractivity contribution in [1.29, 1.82) is 0 Å². The minimum Gasteiger partial charge on any atom is -0.462 e. The molecule has 0 fully saturated rings. The standard InChI is InChI=1S/C49H92O6/c1-4-7-10-13-16-19-21-22-23-24-25-26-27-28-31-33-36-39-42-48(51)54-45-46(44-53-47(50)41-38-35-32-29-18-15-12-9-6-3)55-49(52)43-40-37-34-30-20-17-14-11-8-5-2/h23-24,46H,4-22,25-45H2,1-3H3/b24-23-. The Morgan fingerprint density at radius 3 is 0.909 bits per heavy atom. The number of rotatable bonds is 44. The van der Waals surface area contributed by atoms with E-state index in [1.807, 2.05) is 0 Å². The van der Waals surface area contributed by atoms with Crippen LogP contribution >= 0.6 is 0 Å². The molecule has 6 heteroatoms. The largest absolute Gasteiger partial charge is 0.462 e. The fourth-order valence-electron chi connectivity index (χ4n) is 7.08. The molecule has 0 bridgehead atoms. The van der Waals surface area contributed by atoms with Gasteiger partial charge in [0.05, 0.1) is 0 Å². The lowest BCUT2D eigenvalue weighted by Crippen LogP contribution is -2.30. The van der Waals surface area contributed by atoms with Crippen molar-refractivity contribution in [3.8, 4) is 0 Å². The highest BCUT2D eigenvalue weighted by atomic mass is 16.6. The van der Waals surface area contributed by atoms with Gasteiger partial charge in [-0.3, -0.25) is 14.4 Å². The van der Waals surface area contributed by atoms with Crippen molar-refractivity contribution in [2.45, 2.75) is 271 Å². The summed E-state index contributed by atoms with van der Waals surface area (Å²) >= 11 is 0. The van der Waals surface area contributed by atoms with E-state index in [-0.39, 0.29) is 31.1 Å². The number of ether oxygens (including phenoxy) is 3. The Labute approximate surface area is 341 Å². The van der Waals surface area contributed by atoms with Gasteiger partial charge in [0.25, 0.3) is 0 Å². The number of carbonyl (C=O) groups is 3. The fraction of sp³-hybridized carbons (Fsp3) is 0.898. The fourth-order valence-corrected chi connectivity index (χ4v) is 7.08. The van der Waals surface area contributed by atoms with Gasteiger partial charge in [0, 0.05) is 19.3 Å². The van der Waals surface area contributed by atoms with E-state index in [4.69, 9.17) is 14.2 Å². The van der Waals surface area contributed by atoms with E-state index in [1.54, 1.807) is 0 Å². The number of carbonyl (C=O) groups excluding carboxylic acids is 3. The maximum atomic E-state index is 12.7. The average molecular weight is 777 g/mol. The molecule has 1 unspecified atom stereocenters. The topological polar surface area (TPSA) is 78.9 Å². The van der Waals surface area contributed by atoms with Crippen LogP contribution in [0.15, 0.2) is 12.2 Å². The number of hydrogen-bond acceptors (Lipinski definition) is 6. The van der Waals surface area contributed by atoms with Gasteiger partial charge >= 0.3 is 17.9 Å². The van der Waals surface area contributed by atoms with E-state index >= 15 is 0 Å². The maximum absolute atomic E-state index is 12.7. The lowest BCUT2D eigenvalue weighted by atomic mass is 10.1. The molecule has 0 N–H and O–H groups in total. The summed E-state index contributed by atoms with van der Waals surface area (Å²) < 4.78 is 16.7. The molecule has 6 nitrogen and oxygen atoms in total. The van der Waals surface area contributed by atoms with Crippen molar-refractivity contribution < 1.29 is 28.6 Å². The summed E-state index contributed by atoms with van der Waals surface area (Å²) in [4.78, 5) is 37.7. The Morgan fingerprint density at radius 2 is 0.600 bits per heavy atom. The molecule has 0 spiro atoms. The highest BCUT2D eigenvalue weighted by Crippen LogP contribution is 2.15. The van der Waals surface area contributed by atoms with E-state index in [0.717, 1.165) is 57.8 Å². The van der Waals surface area contributed by atoms with Crippen LogP contribution in [0.2, 0.25) is 0 Å². The Balaban J connectivity index is 4.24. The smallest absolute Gasteiger partial charge is 0.306 e. The van der Waals surface area contributed by atoms with Crippen LogP contribution in [-0.2, 0) is 28.6 Å². The summed E-state index contributed by atoms with van der Waals surface area (Å²) in [7, 11) is 0. The molecular formula is C49H92O6. The second-order valence-corrected chi connectivity index (χ2v) is 16.4. The molecule has 0 aliphatic heterocycles. The van der Waals surface area contributed by atoms with Gasteiger partial charge in [-0.25, -0.2) is 0 Å². The van der Waals surface area contributed by atoms with Crippen LogP contribution in [-0.4, -0.2) is 37.2 Å². The third kappa shape index (κ3) is 43.1. The first-order valence-electron chi connectivity index (χ1n) is 24.2. The first-order valence-corrected chi connectivity index (χ1v) is 24.2. The predicted molar refractivity (Wildman–Crippen MR) is 233 cm³/mol. The summed E-state index contributed by atoms with van der Waals surface area (Å²) in [5.41, 5.74) is 0. The van der Waals surface area contributed by atoms with Gasteiger partial charge in [-0.1, -0.05) is 213 Å². The number of allylic oxidation sites excluding steroid dienone is 2. The van der Waals surface area contributed by atoms with Gasteiger partial charge in [-0.2, -0.15) is 0 Å². The van der Waals surface area contributed by atoms with Gasteiger partial charge in [-0.15, -0.1) is 0 Å². The zero-order valence-electron chi connectivity index (χ0n) is 37.0. The summed E-state index contributed by atoms with van der Waals surface area (Å²) in [5, 5.41) is 0. The van der Waals surface area contributed by atoms with E-state index in [0.29, 0.717) is 19.3 Å². The van der Waals surface area contributed by atoms with Gasteiger partial charge in [0.1, 0.15) is 13.2 Å². The minimum absolute atomic E-state index is 0.0672. The predicted octanol–water partition coefficient (Wildman–Crippen LogP) is 15.4. The van der Waals surface area contributed by atoms with Crippen molar-refractivity contribution in [1.82, 2.24) is 0 Å². The highest BCUT2D eigenvalue weighted by Gasteiger charge is 2.19. The SMILES string of the molecule is CCCCCCCCC/C=C\CCCCCCCCCC(=O)OCC(COC(=O)CCCCCCCCCCC)OC(=O)CCCCCCCCCCCC. The quantitative estimate of drug-likeness (QED) is 0.0265. The average Bonchev–Trinajstić information content (AvgIpc) is 3.18. The Morgan fingerprint density at radius 1 is 0.345 bits per heavy atom. The monoisotopic (exact) mass is 777 g/mol. The van der Waals surface area contributed by atoms with Gasteiger partial charge in [0.2, 0.25) is 0 Å². The Bertz CT molecular complexity index is 854. The molecule has 0 amide bonds. The summed E-state index contributed by atoms with van der Waals surface area (Å²) in [5.74, 6) is -0.865. The van der Waals surface area contributed by atoms with Gasteiger partial charge < -0.3 is 14.2 Å². The van der Waals surface area contributed by atoms with E-state index in [9.17, 15) is 14.4 Å². The number of unbranched alkanes of at least 4 members (excludes halogenated alkanes) is 31. The van der Waals surface area contributed by atoms with Crippen molar-refractivity contribution in [2.75, 3.05) is 13.2 Å². The molecular weight excluding hydrogens is 685 g/mol. The van der Waals surface area contributed by atoms with Crippen LogP contribution in [0.1, 0.15) is 265 Å². The molecule has 0 heterocycles. The van der Waals surface area contributed by atoms with Crippen LogP contribution in [0.5, 0.6) is 0 Å². The number of hydrogen-bond donors (Lipinski definition) is 0. The van der Waals surface area contributed by atoms with Gasteiger partial charge in [-0.05, 0) is 44.9 Å². The molecule has 0 rings (SSSR count). The van der Waals surface area contributed by atoms with Gasteiger partial charge in [0.15, 0.2) is 6.10 Å². The van der Waals surface area contributed by atoms with Crippen LogP contribution in [0, 0.1) is 0 Å². The van der Waals surface area contributed by atoms with Crippen LogP contribution in [0.3, 0.4) is 0 Å². The minimum atomic E-state index is -0.762. The molecule has 0 aliphatic carbocycles. The third-order valence-corrected chi connectivity index (χ3v) is 10.8. The molecule has 0 radical (unpaired) electrons. The first kappa shape index (κ1) is 53.1. The molecule has 0 aliphatic rings. The summed E-state index contributed by atoms with van der Waals surface area (Å²) in [6.45, 7) is 6.62. The van der Waals surface area contributed by atoms with E-state index < -0.39 is 6.10 Å². The van der Waals surface area contributed by atoms with E-state index in [1.165, 1.54) is 167 Å². The van der Waals surface area contributed by atoms with Crippen LogP contribution < -0.4 is 0 Å². The highest BCUT2D eigenvalue weighted by molar-refractivity contribution is 5.71. The normalized spacial score (nSPS) is 12.0. The molecule has 0 saturated heterocycles. The molecule has 1 atom stereocenters. The Kier molecular flexibility index (Phi) is 43.4. The maximum Gasteiger partial charge on any atom is 0.306 e. The molecule has 0 saturated carbocycles. The van der Waals surface area contributed by atoms with Crippen LogP contribution in [0.4, 0.5) is 0 Å². The van der Waals surface area contributed by atoms with Crippen molar-refractivity contribution in [3.05, 3.63) is 12.2 Å². The third-order valence-electron chi connectivity index (χ3n) is 10.8. The number of esters is 3. The molecule has 324 valence electrons. The summed E-state index contributed by atoms with van der Waals surface area (Å²) in [6, 6.07) is 0. The van der Waals surface area contributed by atoms with Crippen LogP contribution in [0.25, 0.3) is 0 Å². The second-order valence-electron chi connectivity index (χ2n) is 16.4. The molecule has 0 aromatic carbocycles. The lowest BCUT2D eigenvalue weighted by molar-refractivity contribution is -0.167. The summed E-state index contributed by atoms with van der Waals surface area (Å²) in [6.07, 6.45) is 47.7. The molecule has 55 heavy (non-hydrogen) atoms. The zero-order chi connectivity index (χ0) is 40.1. The van der Waals surface area contributed by atoms with E-state index in [2.05, 4.69) is 32.9 Å². The van der Waals surface area contributed by atoms with Crippen molar-refractivity contribution >= 4 is 17.9 Å².